The third kappa shape index (κ3) is 5.52. The first kappa shape index (κ1) is 22.1. The molecule has 0 aromatic heterocycles. The minimum Gasteiger partial charge on any atom is -0.483 e. The molecule has 3 aromatic carbocycles. The van der Waals surface area contributed by atoms with Crippen LogP contribution in [0.2, 0.25) is 0 Å². The van der Waals surface area contributed by atoms with Gasteiger partial charge in [0.05, 0.1) is 4.47 Å². The van der Waals surface area contributed by atoms with E-state index in [0.29, 0.717) is 11.5 Å². The maximum Gasteiger partial charge on any atom is 0.276 e. The minimum absolute atomic E-state index is 0.222. The molecule has 0 radical (unpaired) electrons. The number of nitrogens with one attached hydrogen (secondary N) is 2. The second kappa shape index (κ2) is 9.95. The minimum atomic E-state index is -0.487. The molecule has 3 aromatic rings. The lowest BCUT2D eigenvalue weighted by atomic mass is 10.1. The number of carbonyl (C=O) groups excluding carboxylic acids is 2. The standard InChI is InChI=1S/C22H20Br2N2O4/c1-13-9-16(23)10-14(2)22(13)30-12-20(28)26-25-19(27)11-29-18-8-7-15-5-3-4-6-17(15)21(18)24/h3-10H,11-12H2,1-2H3,(H,25,27)(H,26,28). The number of hydrogen-bond acceptors (Lipinski definition) is 4. The highest BCUT2D eigenvalue weighted by molar-refractivity contribution is 9.11. The lowest BCUT2D eigenvalue weighted by molar-refractivity contribution is -0.131. The highest BCUT2D eigenvalue weighted by Crippen LogP contribution is 2.33. The number of aryl methyl sites for hydroxylation is 2. The Hall–Kier alpha value is -2.58. The van der Waals surface area contributed by atoms with E-state index in [4.69, 9.17) is 9.47 Å². The summed E-state index contributed by atoms with van der Waals surface area (Å²) in [6, 6.07) is 15.3. The van der Waals surface area contributed by atoms with Gasteiger partial charge < -0.3 is 9.47 Å². The third-order valence-corrected chi connectivity index (χ3v) is 5.58. The lowest BCUT2D eigenvalue weighted by Crippen LogP contribution is -2.45. The normalized spacial score (nSPS) is 10.5. The van der Waals surface area contributed by atoms with Crippen molar-refractivity contribution in [2.24, 2.45) is 0 Å². The van der Waals surface area contributed by atoms with Crippen LogP contribution >= 0.6 is 31.9 Å². The molecule has 0 aliphatic heterocycles. The number of amides is 2. The Bertz CT molecular complexity index is 1080. The Morgan fingerprint density at radius 1 is 0.867 bits per heavy atom. The lowest BCUT2D eigenvalue weighted by Gasteiger charge is -2.13. The molecule has 2 N–H and O–H groups in total. The fourth-order valence-electron chi connectivity index (χ4n) is 2.94. The summed E-state index contributed by atoms with van der Waals surface area (Å²) in [7, 11) is 0. The molecule has 0 saturated heterocycles. The fraction of sp³-hybridized carbons (Fsp3) is 0.182. The van der Waals surface area contributed by atoms with Crippen LogP contribution in [0.3, 0.4) is 0 Å². The summed E-state index contributed by atoms with van der Waals surface area (Å²) >= 11 is 6.93. The SMILES string of the molecule is Cc1cc(Br)cc(C)c1OCC(=O)NNC(=O)COc1ccc2ccccc2c1Br. The Morgan fingerprint density at radius 3 is 2.13 bits per heavy atom. The van der Waals surface area contributed by atoms with Crippen molar-refractivity contribution in [2.75, 3.05) is 13.2 Å². The summed E-state index contributed by atoms with van der Waals surface area (Å²) in [5.74, 6) is 0.222. The van der Waals surface area contributed by atoms with Crippen molar-refractivity contribution in [3.05, 3.63) is 68.6 Å². The zero-order valence-electron chi connectivity index (χ0n) is 16.4. The Kier molecular flexibility index (Phi) is 7.33. The van der Waals surface area contributed by atoms with E-state index in [1.807, 2.05) is 56.3 Å². The number of benzene rings is 3. The molecular weight excluding hydrogens is 516 g/mol. The van der Waals surface area contributed by atoms with Gasteiger partial charge in [0.25, 0.3) is 11.8 Å². The molecule has 8 heteroatoms. The van der Waals surface area contributed by atoms with E-state index in [1.165, 1.54) is 0 Å². The second-order valence-electron chi connectivity index (χ2n) is 6.64. The molecule has 3 rings (SSSR count). The van der Waals surface area contributed by atoms with Crippen molar-refractivity contribution in [3.8, 4) is 11.5 Å². The Balaban J connectivity index is 1.47. The van der Waals surface area contributed by atoms with E-state index in [2.05, 4.69) is 42.7 Å². The molecule has 0 unspecified atom stereocenters. The molecule has 156 valence electrons. The Labute approximate surface area is 191 Å². The first-order valence-electron chi connectivity index (χ1n) is 9.12. The van der Waals surface area contributed by atoms with E-state index in [9.17, 15) is 9.59 Å². The number of hydrazine groups is 1. The van der Waals surface area contributed by atoms with Crippen LogP contribution in [0.25, 0.3) is 10.8 Å². The topological polar surface area (TPSA) is 76.7 Å². The third-order valence-electron chi connectivity index (χ3n) is 4.30. The van der Waals surface area contributed by atoms with Crippen LogP contribution in [-0.2, 0) is 9.59 Å². The largest absolute Gasteiger partial charge is 0.483 e. The van der Waals surface area contributed by atoms with Crippen molar-refractivity contribution in [3.63, 3.8) is 0 Å². The number of carbonyl (C=O) groups is 2. The quantitative estimate of drug-likeness (QED) is 0.453. The van der Waals surface area contributed by atoms with Gasteiger partial charge in [-0.05, 0) is 69.9 Å². The summed E-state index contributed by atoms with van der Waals surface area (Å²) in [5.41, 5.74) is 6.46. The van der Waals surface area contributed by atoms with Gasteiger partial charge in [0.2, 0.25) is 0 Å². The molecule has 6 nitrogen and oxygen atoms in total. The zero-order chi connectivity index (χ0) is 21.7. The number of halogens is 2. The second-order valence-corrected chi connectivity index (χ2v) is 8.35. The average Bonchev–Trinajstić information content (AvgIpc) is 2.71. The molecule has 0 bridgehead atoms. The molecule has 0 aliphatic carbocycles. The monoisotopic (exact) mass is 534 g/mol. The first-order valence-corrected chi connectivity index (χ1v) is 10.7. The van der Waals surface area contributed by atoms with Crippen molar-refractivity contribution >= 4 is 54.4 Å². The maximum absolute atomic E-state index is 12.0. The smallest absolute Gasteiger partial charge is 0.276 e. The highest BCUT2D eigenvalue weighted by atomic mass is 79.9. The van der Waals surface area contributed by atoms with E-state index in [1.54, 1.807) is 6.07 Å². The molecule has 0 heterocycles. The van der Waals surface area contributed by atoms with Crippen LogP contribution in [0.1, 0.15) is 11.1 Å². The van der Waals surface area contributed by atoms with Gasteiger partial charge in [-0.25, -0.2) is 0 Å². The number of hydrogen-bond donors (Lipinski definition) is 2. The summed E-state index contributed by atoms with van der Waals surface area (Å²) in [6.45, 7) is 3.33. The van der Waals surface area contributed by atoms with Gasteiger partial charge in [-0.2, -0.15) is 0 Å². The first-order chi connectivity index (χ1) is 14.3. The predicted octanol–water partition coefficient (Wildman–Crippen LogP) is 4.59. The van der Waals surface area contributed by atoms with Crippen molar-refractivity contribution in [1.29, 1.82) is 0 Å². The van der Waals surface area contributed by atoms with Crippen molar-refractivity contribution < 1.29 is 19.1 Å². The van der Waals surface area contributed by atoms with Gasteiger partial charge >= 0.3 is 0 Å². The van der Waals surface area contributed by atoms with Gasteiger partial charge in [0.15, 0.2) is 13.2 Å². The summed E-state index contributed by atoms with van der Waals surface area (Å²) < 4.78 is 12.9. The molecule has 0 atom stereocenters. The number of ether oxygens (including phenoxy) is 2. The van der Waals surface area contributed by atoms with Gasteiger partial charge in [0.1, 0.15) is 11.5 Å². The number of rotatable bonds is 6. The van der Waals surface area contributed by atoms with Crippen LogP contribution in [0.4, 0.5) is 0 Å². The highest BCUT2D eigenvalue weighted by Gasteiger charge is 2.11. The summed E-state index contributed by atoms with van der Waals surface area (Å²) in [4.78, 5) is 24.0. The number of fused-ring (bicyclic) bond motifs is 1. The van der Waals surface area contributed by atoms with Gasteiger partial charge in [-0.3, -0.25) is 20.4 Å². The van der Waals surface area contributed by atoms with Crippen LogP contribution in [0.15, 0.2) is 57.5 Å². The van der Waals surface area contributed by atoms with E-state index in [0.717, 1.165) is 30.8 Å². The molecule has 0 aliphatic rings. The molecule has 0 saturated carbocycles. The van der Waals surface area contributed by atoms with Crippen LogP contribution in [-0.4, -0.2) is 25.0 Å². The summed E-state index contributed by atoms with van der Waals surface area (Å²) in [6.07, 6.45) is 0. The van der Waals surface area contributed by atoms with E-state index >= 15 is 0 Å². The van der Waals surface area contributed by atoms with Crippen molar-refractivity contribution in [1.82, 2.24) is 10.9 Å². The van der Waals surface area contributed by atoms with Gasteiger partial charge in [-0.15, -0.1) is 0 Å². The van der Waals surface area contributed by atoms with Gasteiger partial charge in [0, 0.05) is 4.47 Å². The molecule has 0 fully saturated rings. The van der Waals surface area contributed by atoms with E-state index in [-0.39, 0.29) is 13.2 Å². The average molecular weight is 536 g/mol. The molecule has 0 spiro atoms. The molecular formula is C22H20Br2N2O4. The van der Waals surface area contributed by atoms with Crippen LogP contribution in [0, 0.1) is 13.8 Å². The van der Waals surface area contributed by atoms with Crippen molar-refractivity contribution in [2.45, 2.75) is 13.8 Å². The van der Waals surface area contributed by atoms with Gasteiger partial charge in [-0.1, -0.05) is 46.3 Å². The zero-order valence-corrected chi connectivity index (χ0v) is 19.6. The summed E-state index contributed by atoms with van der Waals surface area (Å²) in [5, 5.41) is 2.05. The maximum atomic E-state index is 12.0. The van der Waals surface area contributed by atoms with Crippen LogP contribution in [0.5, 0.6) is 11.5 Å². The van der Waals surface area contributed by atoms with E-state index < -0.39 is 11.8 Å². The van der Waals surface area contributed by atoms with Crippen LogP contribution < -0.4 is 20.3 Å². The fourth-order valence-corrected chi connectivity index (χ4v) is 4.24. The predicted molar refractivity (Wildman–Crippen MR) is 123 cm³/mol. The molecule has 30 heavy (non-hydrogen) atoms. The molecule has 2 amide bonds. The Morgan fingerprint density at radius 2 is 1.47 bits per heavy atom.